The number of hydrogen-bond donors (Lipinski definition) is 1. The minimum atomic E-state index is -0.559. The first-order valence-corrected chi connectivity index (χ1v) is 14.1. The van der Waals surface area contributed by atoms with E-state index in [0.717, 1.165) is 77.1 Å². The molecule has 5 rings (SSSR count). The molecule has 2 aromatic carbocycles. The second-order valence-electron chi connectivity index (χ2n) is 10.2. The van der Waals surface area contributed by atoms with Gasteiger partial charge in [0.05, 0.1) is 11.1 Å². The van der Waals surface area contributed by atoms with E-state index in [2.05, 4.69) is 96.4 Å². The molecule has 0 unspecified atom stereocenters. The lowest BCUT2D eigenvalue weighted by molar-refractivity contribution is 0.0819. The van der Waals surface area contributed by atoms with E-state index in [1.54, 1.807) is 0 Å². The second kappa shape index (κ2) is 10.1. The van der Waals surface area contributed by atoms with Gasteiger partial charge in [-0.2, -0.15) is 5.10 Å². The number of benzene rings is 2. The summed E-state index contributed by atoms with van der Waals surface area (Å²) in [5.74, 6) is 0. The Labute approximate surface area is 232 Å². The maximum atomic E-state index is 12.6. The van der Waals surface area contributed by atoms with E-state index in [9.17, 15) is 4.79 Å². The zero-order chi connectivity index (χ0) is 26.2. The van der Waals surface area contributed by atoms with Crippen LogP contribution in [0.1, 0.15) is 63.9 Å². The Morgan fingerprint density at radius 2 is 1.76 bits per heavy atom. The van der Waals surface area contributed by atoms with Crippen molar-refractivity contribution in [3.63, 3.8) is 0 Å². The Bertz CT molecular complexity index is 1420. The fourth-order valence-corrected chi connectivity index (χ4v) is 5.24. The summed E-state index contributed by atoms with van der Waals surface area (Å²) >= 11 is 2.12. The SMILES string of the molecule is CCc1cc(CC)n2nc(-c3ccc(C4(NC(=O)OC(C)(C)I)CCC4)cc3)c(-c3ccccc3)c2n1. The molecule has 0 atom stereocenters. The molecular weight excluding hydrogens is 575 g/mol. The maximum absolute atomic E-state index is 12.6. The van der Waals surface area contributed by atoms with Crippen molar-refractivity contribution < 1.29 is 9.53 Å². The number of alkyl halides is 1. The molecule has 0 bridgehead atoms. The highest BCUT2D eigenvalue weighted by Crippen LogP contribution is 2.43. The molecule has 0 radical (unpaired) electrons. The van der Waals surface area contributed by atoms with Gasteiger partial charge in [-0.05, 0) is 85.7 Å². The number of halogens is 1. The summed E-state index contributed by atoms with van der Waals surface area (Å²) in [4.78, 5) is 17.6. The quantitative estimate of drug-likeness (QED) is 0.175. The third-order valence-electron chi connectivity index (χ3n) is 7.10. The number of aromatic nitrogens is 3. The highest BCUT2D eigenvalue weighted by molar-refractivity contribution is 14.1. The Morgan fingerprint density at radius 3 is 2.32 bits per heavy atom. The highest BCUT2D eigenvalue weighted by atomic mass is 127. The smallest absolute Gasteiger partial charge is 0.409 e. The molecule has 0 saturated heterocycles. The van der Waals surface area contributed by atoms with Gasteiger partial charge in [-0.25, -0.2) is 14.3 Å². The van der Waals surface area contributed by atoms with E-state index >= 15 is 0 Å². The normalized spacial score (nSPS) is 14.8. The molecule has 7 heteroatoms. The van der Waals surface area contributed by atoms with Gasteiger partial charge < -0.3 is 10.1 Å². The number of alkyl carbamates (subject to hydrolysis) is 1. The molecular formula is C30H33IN4O2. The van der Waals surface area contributed by atoms with Crippen molar-refractivity contribution in [1.82, 2.24) is 19.9 Å². The van der Waals surface area contributed by atoms with Gasteiger partial charge in [-0.1, -0.05) is 68.4 Å². The molecule has 6 nitrogen and oxygen atoms in total. The number of ether oxygens (including phenoxy) is 1. The summed E-state index contributed by atoms with van der Waals surface area (Å²) in [6, 6.07) is 21.0. The van der Waals surface area contributed by atoms with E-state index in [1.165, 1.54) is 0 Å². The first kappa shape index (κ1) is 25.7. The number of hydrogen-bond acceptors (Lipinski definition) is 4. The highest BCUT2D eigenvalue weighted by Gasteiger charge is 2.41. The molecule has 1 amide bonds. The van der Waals surface area contributed by atoms with Crippen molar-refractivity contribution in [2.45, 2.75) is 68.9 Å². The molecule has 1 aliphatic carbocycles. The molecule has 1 N–H and O–H groups in total. The van der Waals surface area contributed by atoms with Gasteiger partial charge in [0.2, 0.25) is 0 Å². The number of rotatable bonds is 7. The van der Waals surface area contributed by atoms with Crippen molar-refractivity contribution in [2.75, 3.05) is 0 Å². The average molecular weight is 609 g/mol. The predicted molar refractivity (Wildman–Crippen MR) is 156 cm³/mol. The molecule has 37 heavy (non-hydrogen) atoms. The van der Waals surface area contributed by atoms with Crippen molar-refractivity contribution in [1.29, 1.82) is 0 Å². The fourth-order valence-electron chi connectivity index (χ4n) is 5.04. The Balaban J connectivity index is 1.57. The minimum absolute atomic E-state index is 0.375. The third kappa shape index (κ3) is 5.10. The Hall–Kier alpha value is -2.94. The van der Waals surface area contributed by atoms with Crippen molar-refractivity contribution in [2.24, 2.45) is 0 Å². The fraction of sp³-hybridized carbons (Fsp3) is 0.367. The number of nitrogens with one attached hydrogen (secondary N) is 1. The van der Waals surface area contributed by atoms with Crippen LogP contribution in [0.15, 0.2) is 60.7 Å². The average Bonchev–Trinajstić information content (AvgIpc) is 3.24. The van der Waals surface area contributed by atoms with Crippen LogP contribution in [-0.2, 0) is 23.1 Å². The maximum Gasteiger partial charge on any atom is 0.409 e. The zero-order valence-electron chi connectivity index (χ0n) is 21.8. The number of carbonyl (C=O) groups is 1. The largest absolute Gasteiger partial charge is 0.433 e. The number of fused-ring (bicyclic) bond motifs is 1. The minimum Gasteiger partial charge on any atom is -0.433 e. The molecule has 4 aromatic rings. The van der Waals surface area contributed by atoms with Crippen LogP contribution in [0.4, 0.5) is 4.79 Å². The summed E-state index contributed by atoms with van der Waals surface area (Å²) in [5.41, 5.74) is 7.90. The van der Waals surface area contributed by atoms with Crippen molar-refractivity contribution in [3.8, 4) is 22.4 Å². The first-order chi connectivity index (χ1) is 17.7. The summed E-state index contributed by atoms with van der Waals surface area (Å²) in [7, 11) is 0. The van der Waals surface area contributed by atoms with E-state index in [-0.39, 0.29) is 11.6 Å². The van der Waals surface area contributed by atoms with Gasteiger partial charge in [0.25, 0.3) is 0 Å². The Morgan fingerprint density at radius 1 is 1.05 bits per heavy atom. The molecule has 2 aromatic heterocycles. The Kier molecular flexibility index (Phi) is 7.00. The van der Waals surface area contributed by atoms with E-state index in [1.807, 2.05) is 24.4 Å². The molecule has 0 spiro atoms. The molecule has 0 aliphatic heterocycles. The van der Waals surface area contributed by atoms with Crippen LogP contribution in [-0.4, -0.2) is 24.3 Å². The lowest BCUT2D eigenvalue weighted by atomic mass is 9.71. The number of amides is 1. The van der Waals surface area contributed by atoms with Gasteiger partial charge in [0.15, 0.2) is 9.25 Å². The van der Waals surface area contributed by atoms with Crippen LogP contribution in [0.3, 0.4) is 0 Å². The number of nitrogens with zero attached hydrogens (tertiary/aromatic N) is 3. The monoisotopic (exact) mass is 608 g/mol. The molecule has 1 aliphatic rings. The standard InChI is InChI=1S/C30H33IN4O2/c1-5-23-19-24(6-2)35-27(32-23)25(20-11-8-7-9-12-20)26(34-35)21-13-15-22(16-14-21)30(17-10-18-30)33-28(36)37-29(3,4)31/h7-9,11-16,19H,5-6,10,17-18H2,1-4H3,(H,33,36). The van der Waals surface area contributed by atoms with Gasteiger partial charge in [0.1, 0.15) is 5.69 Å². The molecule has 1 saturated carbocycles. The van der Waals surface area contributed by atoms with Crippen LogP contribution >= 0.6 is 22.6 Å². The first-order valence-electron chi connectivity index (χ1n) is 13.0. The summed E-state index contributed by atoms with van der Waals surface area (Å²) in [6.45, 7) is 8.03. The van der Waals surface area contributed by atoms with Gasteiger partial charge in [-0.15, -0.1) is 0 Å². The van der Waals surface area contributed by atoms with E-state index in [0.29, 0.717) is 0 Å². The van der Waals surface area contributed by atoms with E-state index in [4.69, 9.17) is 14.8 Å². The van der Waals surface area contributed by atoms with Gasteiger partial charge >= 0.3 is 6.09 Å². The molecule has 2 heterocycles. The van der Waals surface area contributed by atoms with Crippen molar-refractivity contribution >= 4 is 34.3 Å². The van der Waals surface area contributed by atoms with Crippen molar-refractivity contribution in [3.05, 3.63) is 77.6 Å². The van der Waals surface area contributed by atoms with Crippen LogP contribution in [0, 0.1) is 0 Å². The summed E-state index contributed by atoms with van der Waals surface area (Å²) in [5, 5.41) is 8.24. The molecule has 192 valence electrons. The van der Waals surface area contributed by atoms with E-state index < -0.39 is 3.61 Å². The third-order valence-corrected chi connectivity index (χ3v) is 7.32. The van der Waals surface area contributed by atoms with Crippen LogP contribution in [0.2, 0.25) is 0 Å². The molecule has 1 fully saturated rings. The number of aryl methyl sites for hydroxylation is 2. The number of carbonyl (C=O) groups excluding carboxylic acids is 1. The van der Waals surface area contributed by atoms with Gasteiger partial charge in [-0.3, -0.25) is 0 Å². The van der Waals surface area contributed by atoms with Gasteiger partial charge in [0, 0.05) is 17.0 Å². The summed E-state index contributed by atoms with van der Waals surface area (Å²) in [6.07, 6.45) is 4.25. The predicted octanol–water partition coefficient (Wildman–Crippen LogP) is 7.46. The lowest BCUT2D eigenvalue weighted by Gasteiger charge is -2.43. The zero-order valence-corrected chi connectivity index (χ0v) is 24.0. The van der Waals surface area contributed by atoms with Crippen LogP contribution < -0.4 is 5.32 Å². The lowest BCUT2D eigenvalue weighted by Crippen LogP contribution is -2.51. The topological polar surface area (TPSA) is 68.5 Å². The van der Waals surface area contributed by atoms with Crippen LogP contribution in [0.25, 0.3) is 28.0 Å². The van der Waals surface area contributed by atoms with Crippen LogP contribution in [0.5, 0.6) is 0 Å². The summed E-state index contributed by atoms with van der Waals surface area (Å²) < 4.78 is 6.98. The second-order valence-corrected chi connectivity index (χ2v) is 12.8.